The van der Waals surface area contributed by atoms with Crippen LogP contribution in [0, 0.1) is 12.7 Å². The minimum atomic E-state index is -1.01. The summed E-state index contributed by atoms with van der Waals surface area (Å²) in [5.74, 6) is 0.437. The van der Waals surface area contributed by atoms with Gasteiger partial charge in [0.2, 0.25) is 0 Å². The van der Waals surface area contributed by atoms with Crippen LogP contribution in [0.4, 0.5) is 4.39 Å². The molecule has 202 valence electrons. The molecule has 7 nitrogen and oxygen atoms in total. The number of para-hydroxylation sites is 1. The molecule has 8 heteroatoms. The lowest BCUT2D eigenvalue weighted by Crippen LogP contribution is -2.10. The molecule has 1 aliphatic heterocycles. The van der Waals surface area contributed by atoms with Crippen molar-refractivity contribution in [1.82, 2.24) is 9.55 Å². The molecule has 0 aliphatic carbocycles. The molecule has 5 aromatic rings. The molecule has 0 amide bonds. The van der Waals surface area contributed by atoms with Crippen LogP contribution in [0.3, 0.4) is 0 Å². The van der Waals surface area contributed by atoms with Gasteiger partial charge < -0.3 is 23.9 Å². The van der Waals surface area contributed by atoms with Crippen LogP contribution in [0.1, 0.15) is 39.2 Å². The molecule has 2 heterocycles. The van der Waals surface area contributed by atoms with Gasteiger partial charge in [0.15, 0.2) is 11.5 Å². The number of aryl methyl sites for hydroxylation is 1. The maximum atomic E-state index is 15.6. The molecule has 1 aliphatic rings. The summed E-state index contributed by atoms with van der Waals surface area (Å²) < 4.78 is 35.0. The van der Waals surface area contributed by atoms with E-state index in [1.165, 1.54) is 6.07 Å². The molecule has 1 N–H and O–H groups in total. The van der Waals surface area contributed by atoms with E-state index >= 15 is 4.39 Å². The maximum Gasteiger partial charge on any atom is 0.335 e. The third-order valence-electron chi connectivity index (χ3n) is 7.11. The third-order valence-corrected chi connectivity index (χ3v) is 7.11. The summed E-state index contributed by atoms with van der Waals surface area (Å²) >= 11 is 0. The van der Waals surface area contributed by atoms with Gasteiger partial charge >= 0.3 is 5.97 Å². The van der Waals surface area contributed by atoms with E-state index in [2.05, 4.69) is 0 Å². The lowest BCUT2D eigenvalue weighted by molar-refractivity contribution is 0.0490. The number of rotatable bonds is 8. The van der Waals surface area contributed by atoms with Crippen LogP contribution in [0.5, 0.6) is 11.5 Å². The Morgan fingerprint density at radius 3 is 2.62 bits per heavy atom. The zero-order chi connectivity index (χ0) is 27.8. The van der Waals surface area contributed by atoms with Crippen LogP contribution in [0.25, 0.3) is 22.2 Å². The normalized spacial score (nSPS) is 14.1. The quantitative estimate of drug-likeness (QED) is 0.241. The van der Waals surface area contributed by atoms with Crippen molar-refractivity contribution in [2.24, 2.45) is 0 Å². The first kappa shape index (κ1) is 25.6. The molecule has 0 bridgehead atoms. The summed E-state index contributed by atoms with van der Waals surface area (Å²) in [5.41, 5.74) is 5.09. The Balaban J connectivity index is 1.32. The molecule has 1 atom stereocenters. The average Bonchev–Trinajstić information content (AvgIpc) is 3.55. The molecule has 0 saturated carbocycles. The number of hydrogen-bond donors (Lipinski definition) is 1. The zero-order valence-corrected chi connectivity index (χ0v) is 22.1. The van der Waals surface area contributed by atoms with E-state index in [0.717, 1.165) is 16.7 Å². The second-order valence-corrected chi connectivity index (χ2v) is 9.73. The number of aromatic nitrogens is 2. The second-order valence-electron chi connectivity index (χ2n) is 9.73. The number of fused-ring (bicyclic) bond motifs is 2. The van der Waals surface area contributed by atoms with Crippen molar-refractivity contribution in [3.8, 4) is 22.6 Å². The van der Waals surface area contributed by atoms with Gasteiger partial charge in [0.1, 0.15) is 11.6 Å². The molecule has 1 aromatic heterocycles. The minimum absolute atomic E-state index is 0.182. The number of halogens is 1. The van der Waals surface area contributed by atoms with Crippen LogP contribution in [-0.2, 0) is 17.7 Å². The van der Waals surface area contributed by atoms with Crippen molar-refractivity contribution < 1.29 is 28.5 Å². The lowest BCUT2D eigenvalue weighted by Gasteiger charge is -2.12. The highest BCUT2D eigenvalue weighted by molar-refractivity contribution is 5.94. The summed E-state index contributed by atoms with van der Waals surface area (Å²) in [5, 5.41) is 9.54. The van der Waals surface area contributed by atoms with Crippen molar-refractivity contribution in [2.75, 3.05) is 13.7 Å². The molecular formula is C32H27FN2O5. The van der Waals surface area contributed by atoms with E-state index in [1.807, 2.05) is 66.1 Å². The molecule has 4 aromatic carbocycles. The fraction of sp³-hybridized carbons (Fsp3) is 0.188. The number of nitrogens with zero attached hydrogens (tertiary/aromatic N) is 2. The first-order valence-electron chi connectivity index (χ1n) is 12.9. The van der Waals surface area contributed by atoms with Gasteiger partial charge in [-0.15, -0.1) is 0 Å². The second kappa shape index (κ2) is 10.5. The molecular weight excluding hydrogens is 511 g/mol. The van der Waals surface area contributed by atoms with Crippen LogP contribution < -0.4 is 9.47 Å². The van der Waals surface area contributed by atoms with Gasteiger partial charge in [0, 0.05) is 31.2 Å². The van der Waals surface area contributed by atoms with Gasteiger partial charge in [-0.25, -0.2) is 14.2 Å². The van der Waals surface area contributed by atoms with Gasteiger partial charge in [0.25, 0.3) is 6.29 Å². The van der Waals surface area contributed by atoms with Crippen LogP contribution >= 0.6 is 0 Å². The van der Waals surface area contributed by atoms with Crippen LogP contribution in [-0.4, -0.2) is 34.3 Å². The Morgan fingerprint density at radius 1 is 1.05 bits per heavy atom. The predicted molar refractivity (Wildman–Crippen MR) is 148 cm³/mol. The highest BCUT2D eigenvalue weighted by Gasteiger charge is 2.28. The summed E-state index contributed by atoms with van der Waals surface area (Å²) in [6, 6.07) is 23.6. The van der Waals surface area contributed by atoms with Crippen LogP contribution in [0.15, 0.2) is 78.9 Å². The summed E-state index contributed by atoms with van der Waals surface area (Å²) in [6.45, 7) is 2.69. The summed E-state index contributed by atoms with van der Waals surface area (Å²) in [4.78, 5) is 16.4. The van der Waals surface area contributed by atoms with E-state index in [4.69, 9.17) is 19.2 Å². The number of imidazole rings is 1. The highest BCUT2D eigenvalue weighted by atomic mass is 19.1. The number of benzene rings is 4. The molecule has 0 saturated heterocycles. The van der Waals surface area contributed by atoms with Gasteiger partial charge in [-0.1, -0.05) is 54.6 Å². The van der Waals surface area contributed by atoms with Gasteiger partial charge in [-0.05, 0) is 47.9 Å². The predicted octanol–water partition coefficient (Wildman–Crippen LogP) is 6.56. The van der Waals surface area contributed by atoms with E-state index < -0.39 is 12.3 Å². The number of hydrogen-bond acceptors (Lipinski definition) is 5. The smallest absolute Gasteiger partial charge is 0.335 e. The van der Waals surface area contributed by atoms with Crippen molar-refractivity contribution in [1.29, 1.82) is 0 Å². The van der Waals surface area contributed by atoms with Crippen molar-refractivity contribution >= 4 is 17.0 Å². The van der Waals surface area contributed by atoms with Crippen LogP contribution in [0.2, 0.25) is 0 Å². The van der Waals surface area contributed by atoms with E-state index in [9.17, 15) is 9.90 Å². The zero-order valence-electron chi connectivity index (χ0n) is 22.1. The Bertz CT molecular complexity index is 1730. The number of carbonyl (C=O) groups is 1. The average molecular weight is 539 g/mol. The first-order valence-corrected chi connectivity index (χ1v) is 12.9. The number of ether oxygens (including phenoxy) is 3. The largest absolute Gasteiger partial charge is 0.478 e. The number of aromatic carboxylic acids is 1. The Morgan fingerprint density at radius 2 is 1.88 bits per heavy atom. The number of carboxylic acids is 1. The summed E-state index contributed by atoms with van der Waals surface area (Å²) in [7, 11) is 1.60. The van der Waals surface area contributed by atoms with E-state index in [0.29, 0.717) is 52.6 Å². The van der Waals surface area contributed by atoms with Gasteiger partial charge in [-0.3, -0.25) is 0 Å². The Labute approximate surface area is 230 Å². The Kier molecular flexibility index (Phi) is 6.69. The molecule has 40 heavy (non-hydrogen) atoms. The summed E-state index contributed by atoms with van der Waals surface area (Å²) in [6.07, 6.45) is -0.332. The monoisotopic (exact) mass is 538 g/mol. The third kappa shape index (κ3) is 4.67. The fourth-order valence-corrected chi connectivity index (χ4v) is 5.11. The van der Waals surface area contributed by atoms with E-state index in [1.54, 1.807) is 25.3 Å². The fourth-order valence-electron chi connectivity index (χ4n) is 5.11. The van der Waals surface area contributed by atoms with Crippen molar-refractivity contribution in [2.45, 2.75) is 26.2 Å². The van der Waals surface area contributed by atoms with Crippen molar-refractivity contribution in [3.63, 3.8) is 0 Å². The maximum absolute atomic E-state index is 15.6. The van der Waals surface area contributed by atoms with Crippen molar-refractivity contribution in [3.05, 3.63) is 113 Å². The standard InChI is InChI=1S/C32H27FN2O5/c1-19-15-23(31(36)37)17-26-29(19)34-28(35(26)13-14-38-2)18-22-12-11-21(16-25(22)33)24-9-6-10-27-30(24)40-32(39-27)20-7-4-3-5-8-20/h3-12,15-17,32H,13-14,18H2,1-2H3,(H,36,37). The first-order chi connectivity index (χ1) is 19.4. The number of carboxylic acid groups (broad SMARTS) is 1. The van der Waals surface area contributed by atoms with Gasteiger partial charge in [0.05, 0.1) is 23.2 Å². The van der Waals surface area contributed by atoms with Gasteiger partial charge in [-0.2, -0.15) is 0 Å². The topological polar surface area (TPSA) is 82.8 Å². The molecule has 6 rings (SSSR count). The number of methoxy groups -OCH3 is 1. The SMILES string of the molecule is COCCn1c(Cc2ccc(-c3cccc4c3OC(c3ccccc3)O4)cc2F)nc2c(C)cc(C(=O)O)cc21. The minimum Gasteiger partial charge on any atom is -0.478 e. The molecule has 0 fully saturated rings. The molecule has 0 spiro atoms. The Hall–Kier alpha value is -4.69. The van der Waals surface area contributed by atoms with E-state index in [-0.39, 0.29) is 17.8 Å². The molecule has 1 unspecified atom stereocenters. The lowest BCUT2D eigenvalue weighted by atomic mass is 10.0. The highest BCUT2D eigenvalue weighted by Crippen LogP contribution is 2.46. The molecule has 0 radical (unpaired) electrons.